The lowest BCUT2D eigenvalue weighted by Crippen LogP contribution is -2.33. The van der Waals surface area contributed by atoms with Gasteiger partial charge in [0.15, 0.2) is 0 Å². The number of hydrogen-bond donors (Lipinski definition) is 3. The summed E-state index contributed by atoms with van der Waals surface area (Å²) < 4.78 is 0.700. The highest BCUT2D eigenvalue weighted by Gasteiger charge is 2.20. The van der Waals surface area contributed by atoms with E-state index in [1.54, 1.807) is 17.6 Å². The molecule has 0 saturated carbocycles. The molecule has 0 aromatic carbocycles. The van der Waals surface area contributed by atoms with E-state index in [-0.39, 0.29) is 11.9 Å². The topological polar surface area (TPSA) is 107 Å². The number of thiazole rings is 1. The van der Waals surface area contributed by atoms with Crippen molar-refractivity contribution in [1.82, 2.24) is 15.3 Å². The van der Waals surface area contributed by atoms with Gasteiger partial charge in [0.1, 0.15) is 16.6 Å². The summed E-state index contributed by atoms with van der Waals surface area (Å²) >= 11 is 4.75. The summed E-state index contributed by atoms with van der Waals surface area (Å²) in [5, 5.41) is 17.0. The molecule has 10 heteroatoms. The summed E-state index contributed by atoms with van der Waals surface area (Å²) in [4.78, 5) is 33.0. The molecule has 8 nitrogen and oxygen atoms in total. The highest BCUT2D eigenvalue weighted by Crippen LogP contribution is 2.34. The number of urea groups is 1. The lowest BCUT2D eigenvalue weighted by atomic mass is 10.2. The molecule has 140 valence electrons. The maximum atomic E-state index is 11.7. The van der Waals surface area contributed by atoms with Gasteiger partial charge in [-0.3, -0.25) is 10.2 Å². The summed E-state index contributed by atoms with van der Waals surface area (Å²) in [6, 6.07) is 1.34. The molecule has 0 spiro atoms. The number of anilines is 2. The molecule has 3 amide bonds. The second-order valence-corrected chi connectivity index (χ2v) is 7.54. The summed E-state index contributed by atoms with van der Waals surface area (Å²) in [5.41, 5.74) is 0.720. The van der Waals surface area contributed by atoms with E-state index >= 15 is 0 Å². The third-order valence-corrected chi connectivity index (χ3v) is 4.71. The van der Waals surface area contributed by atoms with Gasteiger partial charge < -0.3 is 10.4 Å². The van der Waals surface area contributed by atoms with Crippen LogP contribution in [0.2, 0.25) is 0 Å². The average molecular weight is 442 g/mol. The standard InChI is InChI=1S/C16H20BrN5O3S/c1-4-18-15(23)20-12-5-10(11(17)6-19-12)14-21-13(8-26-14)22(16(24)25)7-9(2)3/h5-6,8-9H,4,7H2,1-3H3,(H,24,25)(H2,18,19,20,23). The number of carbonyl (C=O) groups excluding carboxylic acids is 1. The van der Waals surface area contributed by atoms with Crippen LogP contribution in [0.3, 0.4) is 0 Å². The predicted molar refractivity (Wildman–Crippen MR) is 106 cm³/mol. The van der Waals surface area contributed by atoms with Crippen LogP contribution in [0.15, 0.2) is 22.1 Å². The molecule has 0 saturated heterocycles. The van der Waals surface area contributed by atoms with Gasteiger partial charge in [-0.25, -0.2) is 19.6 Å². The molecule has 2 rings (SSSR count). The van der Waals surface area contributed by atoms with Gasteiger partial charge in [-0.1, -0.05) is 13.8 Å². The molecule has 0 bridgehead atoms. The molecule has 2 heterocycles. The minimum absolute atomic E-state index is 0.178. The number of pyridine rings is 1. The molecule has 0 atom stereocenters. The first-order valence-corrected chi connectivity index (χ1v) is 9.65. The van der Waals surface area contributed by atoms with Gasteiger partial charge in [0.05, 0.1) is 0 Å². The Morgan fingerprint density at radius 1 is 1.42 bits per heavy atom. The number of hydrogen-bond acceptors (Lipinski definition) is 5. The van der Waals surface area contributed by atoms with E-state index in [4.69, 9.17) is 0 Å². The Labute approximate surface area is 163 Å². The lowest BCUT2D eigenvalue weighted by molar-refractivity contribution is 0.200. The second kappa shape index (κ2) is 8.95. The smallest absolute Gasteiger partial charge is 0.413 e. The molecule has 0 aliphatic carbocycles. The van der Waals surface area contributed by atoms with Crippen molar-refractivity contribution < 1.29 is 14.7 Å². The summed E-state index contributed by atoms with van der Waals surface area (Å²) in [5.74, 6) is 0.938. The van der Waals surface area contributed by atoms with Crippen molar-refractivity contribution in [3.05, 3.63) is 22.1 Å². The van der Waals surface area contributed by atoms with Crippen molar-refractivity contribution in [3.63, 3.8) is 0 Å². The summed E-state index contributed by atoms with van der Waals surface area (Å²) in [6.07, 6.45) is 0.532. The normalized spacial score (nSPS) is 10.7. The van der Waals surface area contributed by atoms with Crippen molar-refractivity contribution in [2.45, 2.75) is 20.8 Å². The molecule has 3 N–H and O–H groups in total. The third-order valence-electron chi connectivity index (χ3n) is 3.21. The molecule has 0 unspecified atom stereocenters. The fourth-order valence-electron chi connectivity index (χ4n) is 2.14. The quantitative estimate of drug-likeness (QED) is 0.620. The summed E-state index contributed by atoms with van der Waals surface area (Å²) in [6.45, 7) is 6.58. The zero-order valence-corrected chi connectivity index (χ0v) is 17.0. The number of aromatic nitrogens is 2. The van der Waals surface area contributed by atoms with Gasteiger partial charge in [-0.2, -0.15) is 0 Å². The zero-order chi connectivity index (χ0) is 19.3. The molecule has 0 aliphatic rings. The third kappa shape index (κ3) is 5.15. The molecular weight excluding hydrogens is 422 g/mol. The van der Waals surface area contributed by atoms with Crippen LogP contribution in [-0.4, -0.2) is 40.3 Å². The van der Waals surface area contributed by atoms with E-state index in [9.17, 15) is 14.7 Å². The van der Waals surface area contributed by atoms with Crippen LogP contribution < -0.4 is 15.5 Å². The van der Waals surface area contributed by atoms with E-state index in [0.29, 0.717) is 34.2 Å². The van der Waals surface area contributed by atoms with Crippen LogP contribution in [0.4, 0.5) is 21.2 Å². The van der Waals surface area contributed by atoms with E-state index in [1.165, 1.54) is 16.2 Å². The fraction of sp³-hybridized carbons (Fsp3) is 0.375. The van der Waals surface area contributed by atoms with E-state index in [1.807, 2.05) is 20.8 Å². The van der Waals surface area contributed by atoms with Crippen LogP contribution in [-0.2, 0) is 0 Å². The first-order valence-electron chi connectivity index (χ1n) is 7.98. The van der Waals surface area contributed by atoms with Crippen LogP contribution in [0.25, 0.3) is 10.6 Å². The number of halogens is 1. The Hall–Kier alpha value is -2.20. The zero-order valence-electron chi connectivity index (χ0n) is 14.6. The van der Waals surface area contributed by atoms with Crippen molar-refractivity contribution in [2.75, 3.05) is 23.3 Å². The SMILES string of the molecule is CCNC(=O)Nc1cc(-c2nc(N(CC(C)C)C(=O)O)cs2)c(Br)cn1. The van der Waals surface area contributed by atoms with E-state index < -0.39 is 6.09 Å². The monoisotopic (exact) mass is 441 g/mol. The van der Waals surface area contributed by atoms with Crippen LogP contribution in [0.1, 0.15) is 20.8 Å². The maximum Gasteiger partial charge on any atom is 0.413 e. The molecule has 0 fully saturated rings. The van der Waals surface area contributed by atoms with Crippen LogP contribution in [0.5, 0.6) is 0 Å². The minimum atomic E-state index is -1.04. The molecule has 2 aromatic heterocycles. The fourth-order valence-corrected chi connectivity index (χ4v) is 3.51. The Kier molecular flexibility index (Phi) is 6.92. The van der Waals surface area contributed by atoms with Gasteiger partial charge >= 0.3 is 12.1 Å². The molecular formula is C16H20BrN5O3S. The Morgan fingerprint density at radius 3 is 2.77 bits per heavy atom. The number of carboxylic acid groups (broad SMARTS) is 1. The Bertz CT molecular complexity index is 796. The first kappa shape index (κ1) is 20.1. The second-order valence-electron chi connectivity index (χ2n) is 5.83. The van der Waals surface area contributed by atoms with Crippen molar-refractivity contribution >= 4 is 51.0 Å². The van der Waals surface area contributed by atoms with Gasteiger partial charge in [0, 0.05) is 34.7 Å². The van der Waals surface area contributed by atoms with E-state index in [0.717, 1.165) is 5.56 Å². The van der Waals surface area contributed by atoms with E-state index in [2.05, 4.69) is 36.5 Å². The number of nitrogens with one attached hydrogen (secondary N) is 2. The Morgan fingerprint density at radius 2 is 2.15 bits per heavy atom. The number of rotatable bonds is 6. The summed E-state index contributed by atoms with van der Waals surface area (Å²) in [7, 11) is 0. The number of carbonyl (C=O) groups is 2. The highest BCUT2D eigenvalue weighted by atomic mass is 79.9. The van der Waals surface area contributed by atoms with Gasteiger partial charge in [-0.15, -0.1) is 11.3 Å². The molecule has 2 aromatic rings. The largest absolute Gasteiger partial charge is 0.465 e. The molecule has 26 heavy (non-hydrogen) atoms. The van der Waals surface area contributed by atoms with Gasteiger partial charge in [0.25, 0.3) is 0 Å². The molecule has 0 radical (unpaired) electrons. The minimum Gasteiger partial charge on any atom is -0.465 e. The maximum absolute atomic E-state index is 11.7. The Balaban J connectivity index is 2.30. The van der Waals surface area contributed by atoms with Crippen molar-refractivity contribution in [1.29, 1.82) is 0 Å². The first-order chi connectivity index (χ1) is 12.3. The molecule has 0 aliphatic heterocycles. The number of amides is 3. The highest BCUT2D eigenvalue weighted by molar-refractivity contribution is 9.10. The van der Waals surface area contributed by atoms with Gasteiger partial charge in [0.2, 0.25) is 0 Å². The predicted octanol–water partition coefficient (Wildman–Crippen LogP) is 4.25. The van der Waals surface area contributed by atoms with Crippen molar-refractivity contribution in [3.8, 4) is 10.6 Å². The number of nitrogens with zero attached hydrogens (tertiary/aromatic N) is 3. The average Bonchev–Trinajstić information content (AvgIpc) is 3.03. The lowest BCUT2D eigenvalue weighted by Gasteiger charge is -2.18. The van der Waals surface area contributed by atoms with Crippen LogP contribution >= 0.6 is 27.3 Å². The van der Waals surface area contributed by atoms with Crippen molar-refractivity contribution in [2.24, 2.45) is 5.92 Å². The van der Waals surface area contributed by atoms with Gasteiger partial charge in [-0.05, 0) is 34.8 Å². The van der Waals surface area contributed by atoms with Crippen LogP contribution in [0, 0.1) is 5.92 Å².